The summed E-state index contributed by atoms with van der Waals surface area (Å²) in [5.74, 6) is 0.613. The number of hydrogen-bond donors (Lipinski definition) is 1. The normalized spacial score (nSPS) is 10.4. The van der Waals surface area contributed by atoms with Crippen molar-refractivity contribution in [3.63, 3.8) is 0 Å². The van der Waals surface area contributed by atoms with Gasteiger partial charge in [-0.3, -0.25) is 4.79 Å². The van der Waals surface area contributed by atoms with Crippen LogP contribution >= 0.6 is 11.8 Å². The second-order valence-electron chi connectivity index (χ2n) is 4.04. The molecule has 0 aliphatic rings. The molecule has 0 radical (unpaired) electrons. The van der Waals surface area contributed by atoms with Gasteiger partial charge in [-0.05, 0) is 36.7 Å². The number of methoxy groups -OCH3 is 1. The Hall–Kier alpha value is -1.00. The Labute approximate surface area is 113 Å². The minimum atomic E-state index is -0.150. The van der Waals surface area contributed by atoms with Crippen LogP contribution in [0.15, 0.2) is 23.1 Å². The molecule has 0 fully saturated rings. The molecule has 100 valence electrons. The predicted octanol–water partition coefficient (Wildman–Crippen LogP) is 2.76. The first kappa shape index (κ1) is 15.1. The Bertz CT molecular complexity index is 393. The maximum Gasteiger partial charge on any atom is 0.306 e. The summed E-state index contributed by atoms with van der Waals surface area (Å²) < 4.78 is 4.61. The molecule has 0 bridgehead atoms. The van der Waals surface area contributed by atoms with Crippen molar-refractivity contribution in [2.24, 2.45) is 0 Å². The van der Waals surface area contributed by atoms with Crippen molar-refractivity contribution >= 4 is 17.7 Å². The molecular formula is C14H21NO2S. The Kier molecular flexibility index (Phi) is 6.83. The van der Waals surface area contributed by atoms with Gasteiger partial charge in [-0.15, -0.1) is 11.8 Å². The number of carbonyl (C=O) groups excluding carboxylic acids is 1. The van der Waals surface area contributed by atoms with Crippen molar-refractivity contribution in [1.82, 2.24) is 5.32 Å². The van der Waals surface area contributed by atoms with E-state index in [1.54, 1.807) is 11.8 Å². The molecule has 4 heteroatoms. The second kappa shape index (κ2) is 8.16. The number of hydrogen-bond acceptors (Lipinski definition) is 4. The van der Waals surface area contributed by atoms with Crippen LogP contribution in [-0.2, 0) is 16.1 Å². The van der Waals surface area contributed by atoms with Crippen molar-refractivity contribution in [2.75, 3.05) is 19.4 Å². The van der Waals surface area contributed by atoms with Gasteiger partial charge in [0.15, 0.2) is 0 Å². The summed E-state index contributed by atoms with van der Waals surface area (Å²) in [7, 11) is 1.42. The van der Waals surface area contributed by atoms with Crippen LogP contribution < -0.4 is 5.32 Å². The molecule has 0 amide bonds. The third-order valence-corrected chi connectivity index (χ3v) is 3.68. The molecule has 1 aromatic rings. The molecule has 3 nitrogen and oxygen atoms in total. The lowest BCUT2D eigenvalue weighted by Gasteiger charge is -2.08. The van der Waals surface area contributed by atoms with E-state index in [2.05, 4.69) is 42.1 Å². The summed E-state index contributed by atoms with van der Waals surface area (Å²) in [5, 5.41) is 3.32. The molecular weight excluding hydrogens is 246 g/mol. The fraction of sp³-hybridized carbons (Fsp3) is 0.500. The Balaban J connectivity index is 2.48. The molecule has 0 saturated carbocycles. The van der Waals surface area contributed by atoms with Gasteiger partial charge in [-0.25, -0.2) is 0 Å². The highest BCUT2D eigenvalue weighted by Crippen LogP contribution is 2.22. The highest BCUT2D eigenvalue weighted by molar-refractivity contribution is 7.99. The summed E-state index contributed by atoms with van der Waals surface area (Å²) in [6.45, 7) is 6.12. The monoisotopic (exact) mass is 267 g/mol. The fourth-order valence-corrected chi connectivity index (χ4v) is 2.50. The molecule has 0 spiro atoms. The number of aryl methyl sites for hydroxylation is 1. The van der Waals surface area contributed by atoms with Crippen LogP contribution in [0.25, 0.3) is 0 Å². The standard InChI is InChI=1S/C14H21NO2S/c1-4-15-10-12-5-6-13(9-11(12)2)18-8-7-14(16)17-3/h5-6,9,15H,4,7-8,10H2,1-3H3. The number of carbonyl (C=O) groups is 1. The van der Waals surface area contributed by atoms with E-state index in [1.165, 1.54) is 23.1 Å². The average Bonchev–Trinajstić information content (AvgIpc) is 2.37. The van der Waals surface area contributed by atoms with E-state index in [4.69, 9.17) is 0 Å². The molecule has 1 rings (SSSR count). The predicted molar refractivity (Wildman–Crippen MR) is 75.9 cm³/mol. The largest absolute Gasteiger partial charge is 0.469 e. The number of ether oxygens (including phenoxy) is 1. The van der Waals surface area contributed by atoms with Gasteiger partial charge < -0.3 is 10.1 Å². The summed E-state index contributed by atoms with van der Waals surface area (Å²) in [4.78, 5) is 12.2. The van der Waals surface area contributed by atoms with Crippen LogP contribution in [0.1, 0.15) is 24.5 Å². The lowest BCUT2D eigenvalue weighted by molar-refractivity contribution is -0.140. The summed E-state index contributed by atoms with van der Waals surface area (Å²) in [6.07, 6.45) is 0.458. The first-order valence-electron chi connectivity index (χ1n) is 6.17. The zero-order valence-electron chi connectivity index (χ0n) is 11.3. The van der Waals surface area contributed by atoms with E-state index < -0.39 is 0 Å². The van der Waals surface area contributed by atoms with E-state index in [-0.39, 0.29) is 5.97 Å². The van der Waals surface area contributed by atoms with Gasteiger partial charge in [0, 0.05) is 17.2 Å². The number of esters is 1. The van der Waals surface area contributed by atoms with E-state index >= 15 is 0 Å². The quantitative estimate of drug-likeness (QED) is 0.609. The minimum absolute atomic E-state index is 0.150. The van der Waals surface area contributed by atoms with Gasteiger partial charge in [-0.1, -0.05) is 13.0 Å². The summed E-state index contributed by atoms with van der Waals surface area (Å²) in [6, 6.07) is 6.44. The van der Waals surface area contributed by atoms with Gasteiger partial charge >= 0.3 is 5.97 Å². The topological polar surface area (TPSA) is 38.3 Å². The average molecular weight is 267 g/mol. The van der Waals surface area contributed by atoms with Crippen LogP contribution in [0.2, 0.25) is 0 Å². The molecule has 18 heavy (non-hydrogen) atoms. The number of rotatable bonds is 7. The second-order valence-corrected chi connectivity index (χ2v) is 5.21. The highest BCUT2D eigenvalue weighted by Gasteiger charge is 2.03. The third-order valence-electron chi connectivity index (χ3n) is 2.68. The SMILES string of the molecule is CCNCc1ccc(SCCC(=O)OC)cc1C. The van der Waals surface area contributed by atoms with Crippen molar-refractivity contribution in [3.8, 4) is 0 Å². The minimum Gasteiger partial charge on any atom is -0.469 e. The maximum absolute atomic E-state index is 11.0. The summed E-state index contributed by atoms with van der Waals surface area (Å²) >= 11 is 1.69. The number of benzene rings is 1. The summed E-state index contributed by atoms with van der Waals surface area (Å²) in [5.41, 5.74) is 2.62. The van der Waals surface area contributed by atoms with Crippen molar-refractivity contribution in [3.05, 3.63) is 29.3 Å². The first-order chi connectivity index (χ1) is 8.67. The fourth-order valence-electron chi connectivity index (χ4n) is 1.57. The number of nitrogens with one attached hydrogen (secondary N) is 1. The Morgan fingerprint density at radius 3 is 2.83 bits per heavy atom. The van der Waals surface area contributed by atoms with E-state index in [0.29, 0.717) is 6.42 Å². The van der Waals surface area contributed by atoms with Crippen molar-refractivity contribution < 1.29 is 9.53 Å². The van der Waals surface area contributed by atoms with Crippen molar-refractivity contribution in [1.29, 1.82) is 0 Å². The van der Waals surface area contributed by atoms with Crippen LogP contribution in [-0.4, -0.2) is 25.4 Å². The van der Waals surface area contributed by atoms with Gasteiger partial charge in [0.05, 0.1) is 13.5 Å². The molecule has 1 N–H and O–H groups in total. The molecule has 0 atom stereocenters. The van der Waals surface area contributed by atoms with Crippen LogP contribution in [0.3, 0.4) is 0 Å². The lowest BCUT2D eigenvalue weighted by Crippen LogP contribution is -2.12. The molecule has 0 unspecified atom stereocenters. The zero-order chi connectivity index (χ0) is 13.4. The number of thioether (sulfide) groups is 1. The first-order valence-corrected chi connectivity index (χ1v) is 7.15. The molecule has 0 saturated heterocycles. The highest BCUT2D eigenvalue weighted by atomic mass is 32.2. The van der Waals surface area contributed by atoms with E-state index in [9.17, 15) is 4.79 Å². The smallest absolute Gasteiger partial charge is 0.306 e. The third kappa shape index (κ3) is 5.10. The molecule has 0 heterocycles. The lowest BCUT2D eigenvalue weighted by atomic mass is 10.1. The molecule has 0 aromatic heterocycles. The molecule has 1 aromatic carbocycles. The van der Waals surface area contributed by atoms with E-state index in [0.717, 1.165) is 18.8 Å². The van der Waals surface area contributed by atoms with Crippen LogP contribution in [0.4, 0.5) is 0 Å². The van der Waals surface area contributed by atoms with Crippen LogP contribution in [0, 0.1) is 6.92 Å². The molecule has 0 aliphatic heterocycles. The van der Waals surface area contributed by atoms with Gasteiger partial charge in [0.1, 0.15) is 0 Å². The van der Waals surface area contributed by atoms with Gasteiger partial charge in [-0.2, -0.15) is 0 Å². The zero-order valence-corrected chi connectivity index (χ0v) is 12.1. The van der Waals surface area contributed by atoms with E-state index in [1.807, 2.05) is 0 Å². The Morgan fingerprint density at radius 1 is 1.44 bits per heavy atom. The van der Waals surface area contributed by atoms with Gasteiger partial charge in [0.25, 0.3) is 0 Å². The van der Waals surface area contributed by atoms with Crippen LogP contribution in [0.5, 0.6) is 0 Å². The van der Waals surface area contributed by atoms with Gasteiger partial charge in [0.2, 0.25) is 0 Å². The molecule has 0 aliphatic carbocycles. The Morgan fingerprint density at radius 2 is 2.22 bits per heavy atom. The van der Waals surface area contributed by atoms with Crippen molar-refractivity contribution in [2.45, 2.75) is 31.7 Å². The maximum atomic E-state index is 11.0.